The molecule has 2 aromatic rings. The molecule has 0 aliphatic rings. The monoisotopic (exact) mass is 295 g/mol. The van der Waals surface area contributed by atoms with Crippen molar-refractivity contribution < 1.29 is 17.9 Å². The predicted octanol–water partition coefficient (Wildman–Crippen LogP) is 4.53. The Labute approximate surface area is 121 Å². The van der Waals surface area contributed by atoms with Gasteiger partial charge in [0.05, 0.1) is 0 Å². The minimum absolute atomic E-state index is 0.206. The van der Waals surface area contributed by atoms with Gasteiger partial charge in [-0.05, 0) is 48.9 Å². The van der Waals surface area contributed by atoms with Crippen LogP contribution in [0.15, 0.2) is 48.5 Å². The van der Waals surface area contributed by atoms with Gasteiger partial charge in [-0.15, -0.1) is 13.2 Å². The number of benzene rings is 2. The average Bonchev–Trinajstić information content (AvgIpc) is 2.45. The molecule has 0 heterocycles. The standard InChI is InChI=1S/C16H16F3NO/c1-11(20-2)13-4-3-5-14(10-13)12-6-8-15(9-7-12)21-16(17,18)19/h3-11,20H,1-2H3. The molecule has 112 valence electrons. The summed E-state index contributed by atoms with van der Waals surface area (Å²) in [7, 11) is 1.88. The molecule has 0 fully saturated rings. The highest BCUT2D eigenvalue weighted by Gasteiger charge is 2.30. The van der Waals surface area contributed by atoms with E-state index in [1.54, 1.807) is 12.1 Å². The number of hydrogen-bond acceptors (Lipinski definition) is 2. The lowest BCUT2D eigenvalue weighted by molar-refractivity contribution is -0.274. The summed E-state index contributed by atoms with van der Waals surface area (Å²) < 4.78 is 40.2. The maximum atomic E-state index is 12.1. The van der Waals surface area contributed by atoms with Crippen LogP contribution >= 0.6 is 0 Å². The first-order valence-electron chi connectivity index (χ1n) is 6.52. The largest absolute Gasteiger partial charge is 0.573 e. The Hall–Kier alpha value is -2.01. The highest BCUT2D eigenvalue weighted by atomic mass is 19.4. The zero-order valence-electron chi connectivity index (χ0n) is 11.7. The van der Waals surface area contributed by atoms with Gasteiger partial charge in [0.25, 0.3) is 0 Å². The van der Waals surface area contributed by atoms with E-state index in [0.29, 0.717) is 0 Å². The van der Waals surface area contributed by atoms with Crippen molar-refractivity contribution >= 4 is 0 Å². The third-order valence-electron chi connectivity index (χ3n) is 3.24. The van der Waals surface area contributed by atoms with E-state index in [1.165, 1.54) is 12.1 Å². The van der Waals surface area contributed by atoms with Crippen LogP contribution in [0.3, 0.4) is 0 Å². The minimum atomic E-state index is -4.66. The molecule has 0 aliphatic carbocycles. The molecule has 2 nitrogen and oxygen atoms in total. The van der Waals surface area contributed by atoms with E-state index in [9.17, 15) is 13.2 Å². The number of rotatable bonds is 4. The summed E-state index contributed by atoms with van der Waals surface area (Å²) in [5, 5.41) is 3.15. The number of ether oxygens (including phenoxy) is 1. The van der Waals surface area contributed by atoms with E-state index in [2.05, 4.69) is 10.1 Å². The van der Waals surface area contributed by atoms with Crippen LogP contribution in [0, 0.1) is 0 Å². The lowest BCUT2D eigenvalue weighted by Crippen LogP contribution is -2.16. The summed E-state index contributed by atoms with van der Waals surface area (Å²) in [4.78, 5) is 0. The second-order valence-electron chi connectivity index (χ2n) is 4.71. The Balaban J connectivity index is 2.23. The summed E-state index contributed by atoms with van der Waals surface area (Å²) in [6, 6.07) is 13.9. The fraction of sp³-hybridized carbons (Fsp3) is 0.250. The number of nitrogens with one attached hydrogen (secondary N) is 1. The first-order chi connectivity index (χ1) is 9.89. The lowest BCUT2D eigenvalue weighted by Gasteiger charge is -2.13. The van der Waals surface area contributed by atoms with Crippen LogP contribution in [-0.2, 0) is 0 Å². The first-order valence-corrected chi connectivity index (χ1v) is 6.52. The molecule has 2 aromatic carbocycles. The fourth-order valence-electron chi connectivity index (χ4n) is 2.00. The molecule has 21 heavy (non-hydrogen) atoms. The summed E-state index contributed by atoms with van der Waals surface area (Å²) >= 11 is 0. The van der Waals surface area contributed by atoms with Crippen molar-refractivity contribution in [3.8, 4) is 16.9 Å². The Morgan fingerprint density at radius 3 is 2.24 bits per heavy atom. The summed E-state index contributed by atoms with van der Waals surface area (Å²) in [6.07, 6.45) is -4.66. The number of alkyl halides is 3. The van der Waals surface area contributed by atoms with Crippen molar-refractivity contribution in [3.63, 3.8) is 0 Å². The third-order valence-corrected chi connectivity index (χ3v) is 3.24. The van der Waals surface area contributed by atoms with Crippen molar-refractivity contribution in [2.24, 2.45) is 0 Å². The van der Waals surface area contributed by atoms with Crippen molar-refractivity contribution in [2.75, 3.05) is 7.05 Å². The van der Waals surface area contributed by atoms with Gasteiger partial charge in [-0.3, -0.25) is 0 Å². The highest BCUT2D eigenvalue weighted by molar-refractivity contribution is 5.65. The number of halogens is 3. The van der Waals surface area contributed by atoms with E-state index in [1.807, 2.05) is 38.2 Å². The Bertz CT molecular complexity index is 593. The van der Waals surface area contributed by atoms with Crippen LogP contribution in [-0.4, -0.2) is 13.4 Å². The van der Waals surface area contributed by atoms with E-state index in [0.717, 1.165) is 16.7 Å². The van der Waals surface area contributed by atoms with Crippen LogP contribution in [0.5, 0.6) is 5.75 Å². The normalized spacial score (nSPS) is 13.0. The molecule has 0 saturated carbocycles. The quantitative estimate of drug-likeness (QED) is 0.894. The maximum absolute atomic E-state index is 12.1. The van der Waals surface area contributed by atoms with E-state index < -0.39 is 6.36 Å². The predicted molar refractivity (Wildman–Crippen MR) is 76.0 cm³/mol. The van der Waals surface area contributed by atoms with Crippen LogP contribution in [0.25, 0.3) is 11.1 Å². The Kier molecular flexibility index (Phi) is 4.53. The molecule has 5 heteroatoms. The second-order valence-corrected chi connectivity index (χ2v) is 4.71. The van der Waals surface area contributed by atoms with Gasteiger partial charge in [-0.2, -0.15) is 0 Å². The van der Waals surface area contributed by atoms with Crippen molar-refractivity contribution in [2.45, 2.75) is 19.3 Å². The Morgan fingerprint density at radius 1 is 1.00 bits per heavy atom. The average molecular weight is 295 g/mol. The molecule has 1 N–H and O–H groups in total. The molecular formula is C16H16F3NO. The molecule has 0 bridgehead atoms. The smallest absolute Gasteiger partial charge is 0.406 e. The van der Waals surface area contributed by atoms with Gasteiger partial charge < -0.3 is 10.1 Å². The van der Waals surface area contributed by atoms with Crippen LogP contribution in [0.2, 0.25) is 0 Å². The molecule has 0 amide bonds. The van der Waals surface area contributed by atoms with Gasteiger partial charge in [0.1, 0.15) is 5.75 Å². The van der Waals surface area contributed by atoms with Gasteiger partial charge in [-0.25, -0.2) is 0 Å². The summed E-state index contributed by atoms with van der Waals surface area (Å²) in [5.74, 6) is -0.217. The van der Waals surface area contributed by atoms with Gasteiger partial charge in [-0.1, -0.05) is 30.3 Å². The summed E-state index contributed by atoms with van der Waals surface area (Å²) in [5.41, 5.74) is 2.91. The summed E-state index contributed by atoms with van der Waals surface area (Å²) in [6.45, 7) is 2.04. The fourth-order valence-corrected chi connectivity index (χ4v) is 2.00. The molecule has 1 unspecified atom stereocenters. The van der Waals surface area contributed by atoms with Crippen molar-refractivity contribution in [1.82, 2.24) is 5.32 Å². The second kappa shape index (κ2) is 6.18. The molecule has 0 spiro atoms. The lowest BCUT2D eigenvalue weighted by atomic mass is 10.0. The van der Waals surface area contributed by atoms with E-state index >= 15 is 0 Å². The molecule has 0 radical (unpaired) electrons. The number of hydrogen-bond donors (Lipinski definition) is 1. The molecule has 0 aromatic heterocycles. The molecule has 1 atom stereocenters. The maximum Gasteiger partial charge on any atom is 0.573 e. The van der Waals surface area contributed by atoms with Gasteiger partial charge in [0.2, 0.25) is 0 Å². The van der Waals surface area contributed by atoms with Crippen molar-refractivity contribution in [1.29, 1.82) is 0 Å². The van der Waals surface area contributed by atoms with Crippen LogP contribution in [0.4, 0.5) is 13.2 Å². The topological polar surface area (TPSA) is 21.3 Å². The highest BCUT2D eigenvalue weighted by Crippen LogP contribution is 2.27. The molecule has 2 rings (SSSR count). The van der Waals surface area contributed by atoms with E-state index in [-0.39, 0.29) is 11.8 Å². The molecule has 0 saturated heterocycles. The third kappa shape index (κ3) is 4.23. The molecular weight excluding hydrogens is 279 g/mol. The van der Waals surface area contributed by atoms with Crippen LogP contribution < -0.4 is 10.1 Å². The van der Waals surface area contributed by atoms with E-state index in [4.69, 9.17) is 0 Å². The SMILES string of the molecule is CNC(C)c1cccc(-c2ccc(OC(F)(F)F)cc2)c1. The Morgan fingerprint density at radius 2 is 1.67 bits per heavy atom. The zero-order valence-corrected chi connectivity index (χ0v) is 11.7. The van der Waals surface area contributed by atoms with Crippen LogP contribution in [0.1, 0.15) is 18.5 Å². The first kappa shape index (κ1) is 15.4. The molecule has 0 aliphatic heterocycles. The zero-order chi connectivity index (χ0) is 15.5. The van der Waals surface area contributed by atoms with Gasteiger partial charge >= 0.3 is 6.36 Å². The van der Waals surface area contributed by atoms with Gasteiger partial charge in [0, 0.05) is 6.04 Å². The van der Waals surface area contributed by atoms with Gasteiger partial charge in [0.15, 0.2) is 0 Å². The minimum Gasteiger partial charge on any atom is -0.406 e. The van der Waals surface area contributed by atoms with Crippen molar-refractivity contribution in [3.05, 3.63) is 54.1 Å².